The summed E-state index contributed by atoms with van der Waals surface area (Å²) in [5.74, 6) is 0.399. The molecule has 0 aliphatic carbocycles. The summed E-state index contributed by atoms with van der Waals surface area (Å²) in [7, 11) is 0. The topological polar surface area (TPSA) is 39.4 Å². The van der Waals surface area contributed by atoms with Crippen LogP contribution in [0.1, 0.15) is 16.7 Å². The number of halogens is 3. The van der Waals surface area contributed by atoms with Gasteiger partial charge >= 0.3 is 5.63 Å². The Morgan fingerprint density at radius 3 is 2.33 bits per heavy atom. The molecule has 0 aliphatic rings. The summed E-state index contributed by atoms with van der Waals surface area (Å²) in [6.07, 6.45) is 0. The smallest absolute Gasteiger partial charge is 0.336 e. The van der Waals surface area contributed by atoms with E-state index >= 15 is 0 Å². The molecular formula is C18H13Cl3O3. The number of aryl methyl sites for hydroxylation is 2. The summed E-state index contributed by atoms with van der Waals surface area (Å²) in [6.45, 7) is 4.12. The van der Waals surface area contributed by atoms with E-state index in [4.69, 9.17) is 44.0 Å². The van der Waals surface area contributed by atoms with E-state index in [9.17, 15) is 4.79 Å². The van der Waals surface area contributed by atoms with Gasteiger partial charge in [-0.2, -0.15) is 0 Å². The molecule has 3 rings (SSSR count). The van der Waals surface area contributed by atoms with Crippen LogP contribution in [-0.4, -0.2) is 0 Å². The number of hydrogen-bond acceptors (Lipinski definition) is 3. The highest BCUT2D eigenvalue weighted by Gasteiger charge is 2.11. The monoisotopic (exact) mass is 382 g/mol. The Labute approximate surface area is 153 Å². The summed E-state index contributed by atoms with van der Waals surface area (Å²) in [5.41, 5.74) is 2.97. The van der Waals surface area contributed by atoms with Gasteiger partial charge in [0.05, 0.1) is 15.1 Å². The maximum Gasteiger partial charge on any atom is 0.336 e. The van der Waals surface area contributed by atoms with Gasteiger partial charge in [0.15, 0.2) is 0 Å². The van der Waals surface area contributed by atoms with Gasteiger partial charge in [-0.25, -0.2) is 4.79 Å². The van der Waals surface area contributed by atoms with Crippen LogP contribution in [-0.2, 0) is 6.61 Å². The molecule has 0 unspecified atom stereocenters. The van der Waals surface area contributed by atoms with Crippen LogP contribution >= 0.6 is 34.8 Å². The van der Waals surface area contributed by atoms with Crippen LogP contribution in [0.5, 0.6) is 5.75 Å². The Hall–Kier alpha value is -1.68. The molecule has 3 aromatic rings. The standard InChI is InChI=1S/C18H13Cl3O3/c1-9-3-12-11(5-18(22)24-16(12)4-10(9)2)8-23-17-7-14(20)13(19)6-15(17)21/h3-7H,8H2,1-2H3. The minimum Gasteiger partial charge on any atom is -0.487 e. The maximum absolute atomic E-state index is 11.8. The van der Waals surface area contributed by atoms with E-state index in [0.717, 1.165) is 16.5 Å². The molecule has 1 heterocycles. The van der Waals surface area contributed by atoms with Crippen LogP contribution in [0.2, 0.25) is 15.1 Å². The van der Waals surface area contributed by atoms with Gasteiger partial charge in [0, 0.05) is 23.1 Å². The molecule has 0 aliphatic heterocycles. The average molecular weight is 384 g/mol. The molecular weight excluding hydrogens is 371 g/mol. The van der Waals surface area contributed by atoms with Crippen molar-refractivity contribution in [2.24, 2.45) is 0 Å². The SMILES string of the molecule is Cc1cc2oc(=O)cc(COc3cc(Cl)c(Cl)cc3Cl)c2cc1C. The van der Waals surface area contributed by atoms with Gasteiger partial charge in [0.2, 0.25) is 0 Å². The van der Waals surface area contributed by atoms with Crippen molar-refractivity contribution in [3.05, 3.63) is 72.5 Å². The maximum atomic E-state index is 11.8. The fraction of sp³-hybridized carbons (Fsp3) is 0.167. The first-order valence-electron chi connectivity index (χ1n) is 7.16. The summed E-state index contributed by atoms with van der Waals surface area (Å²) in [5, 5.41) is 1.88. The predicted octanol–water partition coefficient (Wildman–Crippen LogP) is 5.95. The van der Waals surface area contributed by atoms with Gasteiger partial charge < -0.3 is 9.15 Å². The molecule has 3 nitrogen and oxygen atoms in total. The zero-order valence-electron chi connectivity index (χ0n) is 13.0. The largest absolute Gasteiger partial charge is 0.487 e. The first-order chi connectivity index (χ1) is 11.3. The average Bonchev–Trinajstić information content (AvgIpc) is 2.51. The minimum absolute atomic E-state index is 0.155. The van der Waals surface area contributed by atoms with Crippen molar-refractivity contribution in [3.8, 4) is 5.75 Å². The third-order valence-corrected chi connectivity index (χ3v) is 4.82. The Morgan fingerprint density at radius 2 is 1.58 bits per heavy atom. The van der Waals surface area contributed by atoms with Crippen LogP contribution in [0.3, 0.4) is 0 Å². The van der Waals surface area contributed by atoms with E-state index < -0.39 is 5.63 Å². The van der Waals surface area contributed by atoms with Crippen LogP contribution < -0.4 is 10.4 Å². The molecule has 0 spiro atoms. The van der Waals surface area contributed by atoms with Crippen molar-refractivity contribution < 1.29 is 9.15 Å². The first kappa shape index (κ1) is 17.2. The molecule has 0 saturated heterocycles. The first-order valence-corrected chi connectivity index (χ1v) is 8.30. The lowest BCUT2D eigenvalue weighted by atomic mass is 10.0. The Morgan fingerprint density at radius 1 is 0.917 bits per heavy atom. The highest BCUT2D eigenvalue weighted by Crippen LogP contribution is 2.34. The Kier molecular flexibility index (Phi) is 4.77. The molecule has 0 fully saturated rings. The normalized spacial score (nSPS) is 11.0. The summed E-state index contributed by atoms with van der Waals surface area (Å²) < 4.78 is 11.0. The van der Waals surface area contributed by atoms with E-state index in [1.54, 1.807) is 6.07 Å². The van der Waals surface area contributed by atoms with Gasteiger partial charge in [-0.1, -0.05) is 34.8 Å². The summed E-state index contributed by atoms with van der Waals surface area (Å²) in [4.78, 5) is 11.8. The second kappa shape index (κ2) is 6.67. The minimum atomic E-state index is -0.426. The van der Waals surface area contributed by atoms with Crippen molar-refractivity contribution in [2.75, 3.05) is 0 Å². The van der Waals surface area contributed by atoms with Crippen molar-refractivity contribution in [2.45, 2.75) is 20.5 Å². The lowest BCUT2D eigenvalue weighted by Crippen LogP contribution is -2.05. The number of fused-ring (bicyclic) bond motifs is 1. The lowest BCUT2D eigenvalue weighted by molar-refractivity contribution is 0.307. The van der Waals surface area contributed by atoms with Crippen LogP contribution in [0.15, 0.2) is 39.5 Å². The van der Waals surface area contributed by atoms with Crippen molar-refractivity contribution in [1.82, 2.24) is 0 Å². The third-order valence-electron chi connectivity index (χ3n) is 3.80. The number of benzene rings is 2. The van der Waals surface area contributed by atoms with E-state index in [0.29, 0.717) is 32.0 Å². The second-order valence-corrected chi connectivity index (χ2v) is 6.73. The molecule has 1 aromatic heterocycles. The van der Waals surface area contributed by atoms with E-state index in [2.05, 4.69) is 0 Å². The molecule has 0 amide bonds. The summed E-state index contributed by atoms with van der Waals surface area (Å²) >= 11 is 18.0. The molecule has 0 radical (unpaired) electrons. The van der Waals surface area contributed by atoms with Crippen molar-refractivity contribution >= 4 is 45.8 Å². The fourth-order valence-electron chi connectivity index (χ4n) is 2.37. The number of rotatable bonds is 3. The highest BCUT2D eigenvalue weighted by atomic mass is 35.5. The quantitative estimate of drug-likeness (QED) is 0.414. The van der Waals surface area contributed by atoms with Gasteiger partial charge in [-0.05, 0) is 43.2 Å². The Balaban J connectivity index is 2.00. The van der Waals surface area contributed by atoms with Crippen LogP contribution in [0.25, 0.3) is 11.0 Å². The van der Waals surface area contributed by atoms with Crippen LogP contribution in [0, 0.1) is 13.8 Å². The molecule has 0 N–H and O–H groups in total. The molecule has 0 saturated carbocycles. The zero-order chi connectivity index (χ0) is 17.4. The second-order valence-electron chi connectivity index (χ2n) is 5.51. The van der Waals surface area contributed by atoms with Gasteiger partial charge in [0.1, 0.15) is 17.9 Å². The Bertz CT molecular complexity index is 993. The van der Waals surface area contributed by atoms with Crippen molar-refractivity contribution in [3.63, 3.8) is 0 Å². The number of hydrogen-bond donors (Lipinski definition) is 0. The fourth-order valence-corrected chi connectivity index (χ4v) is 2.96. The van der Waals surface area contributed by atoms with E-state index in [-0.39, 0.29) is 6.61 Å². The zero-order valence-corrected chi connectivity index (χ0v) is 15.2. The van der Waals surface area contributed by atoms with Crippen molar-refractivity contribution in [1.29, 1.82) is 0 Å². The van der Waals surface area contributed by atoms with Gasteiger partial charge in [0.25, 0.3) is 0 Å². The number of ether oxygens (including phenoxy) is 1. The van der Waals surface area contributed by atoms with E-state index in [1.807, 2.05) is 26.0 Å². The molecule has 0 bridgehead atoms. The third kappa shape index (κ3) is 3.39. The molecule has 124 valence electrons. The predicted molar refractivity (Wildman–Crippen MR) is 97.8 cm³/mol. The summed E-state index contributed by atoms with van der Waals surface area (Å²) in [6, 6.07) is 8.31. The molecule has 2 aromatic carbocycles. The molecule has 0 atom stereocenters. The van der Waals surface area contributed by atoms with E-state index in [1.165, 1.54) is 12.1 Å². The highest BCUT2D eigenvalue weighted by molar-refractivity contribution is 6.43. The van der Waals surface area contributed by atoms with Crippen LogP contribution in [0.4, 0.5) is 0 Å². The van der Waals surface area contributed by atoms with Gasteiger partial charge in [-0.15, -0.1) is 0 Å². The molecule has 6 heteroatoms. The lowest BCUT2D eigenvalue weighted by Gasteiger charge is -2.11. The molecule has 24 heavy (non-hydrogen) atoms. The van der Waals surface area contributed by atoms with Gasteiger partial charge in [-0.3, -0.25) is 0 Å².